The van der Waals surface area contributed by atoms with Crippen molar-refractivity contribution in [2.75, 3.05) is 0 Å². The first-order chi connectivity index (χ1) is 15.8. The van der Waals surface area contributed by atoms with Gasteiger partial charge in [0, 0.05) is 11.8 Å². The molecule has 3 fully saturated rings. The van der Waals surface area contributed by atoms with Crippen molar-refractivity contribution in [2.24, 2.45) is 35.5 Å². The fourth-order valence-electron chi connectivity index (χ4n) is 6.44. The zero-order valence-corrected chi connectivity index (χ0v) is 18.3. The minimum absolute atomic E-state index is 0.0285. The van der Waals surface area contributed by atoms with E-state index in [0.717, 1.165) is 0 Å². The Hall–Kier alpha value is -1.07. The molecular weight excluding hydrogens is 484 g/mol. The van der Waals surface area contributed by atoms with Crippen molar-refractivity contribution >= 4 is 6.29 Å². The minimum atomic E-state index is -5.13. The summed E-state index contributed by atoms with van der Waals surface area (Å²) in [5.41, 5.74) is 0. The van der Waals surface area contributed by atoms with Crippen molar-refractivity contribution in [3.05, 3.63) is 0 Å². The largest absolute Gasteiger partial charge is 0.404 e. The molecule has 6 unspecified atom stereocenters. The molecule has 1 aliphatic heterocycles. The highest BCUT2D eigenvalue weighted by molar-refractivity contribution is 5.56. The van der Waals surface area contributed by atoms with Gasteiger partial charge in [0.15, 0.2) is 0 Å². The van der Waals surface area contributed by atoms with E-state index in [1.807, 2.05) is 0 Å². The number of carbonyl (C=O) groups is 1. The molecule has 0 bridgehead atoms. The van der Waals surface area contributed by atoms with E-state index in [9.17, 15) is 44.3 Å². The van der Waals surface area contributed by atoms with Gasteiger partial charge in [-0.15, -0.1) is 0 Å². The first kappa shape index (κ1) is 27.5. The van der Waals surface area contributed by atoms with Gasteiger partial charge in [-0.1, -0.05) is 0 Å². The summed E-state index contributed by atoms with van der Waals surface area (Å²) in [4.78, 5) is 11.9. The second-order valence-corrected chi connectivity index (χ2v) is 10.0. The van der Waals surface area contributed by atoms with E-state index in [1.54, 1.807) is 5.32 Å². The second kappa shape index (κ2) is 10.5. The summed E-state index contributed by atoms with van der Waals surface area (Å²) in [5.74, 6) is -8.54. The number of alkyl halides is 10. The van der Waals surface area contributed by atoms with Gasteiger partial charge < -0.3 is 4.79 Å². The van der Waals surface area contributed by atoms with Crippen LogP contribution in [-0.4, -0.2) is 49.5 Å². The Morgan fingerprint density at radius 1 is 0.794 bits per heavy atom. The van der Waals surface area contributed by atoms with Crippen LogP contribution in [0, 0.1) is 35.5 Å². The number of halogens is 10. The van der Waals surface area contributed by atoms with Crippen LogP contribution in [0.2, 0.25) is 0 Å². The molecule has 34 heavy (non-hydrogen) atoms. The average Bonchev–Trinajstić information content (AvgIpc) is 2.76. The number of carbonyl (C=O) groups excluding carboxylic acids is 1. The zero-order valence-electron chi connectivity index (χ0n) is 18.3. The minimum Gasteiger partial charge on any atom is -0.303 e. The maximum absolute atomic E-state index is 15.9. The summed E-state index contributed by atoms with van der Waals surface area (Å²) >= 11 is 0. The number of rotatable bonds is 5. The summed E-state index contributed by atoms with van der Waals surface area (Å²) < 4.78 is 138. The molecule has 1 N–H and O–H groups in total. The molecule has 198 valence electrons. The number of aldehydes is 1. The highest BCUT2D eigenvalue weighted by Gasteiger charge is 2.61. The third kappa shape index (κ3) is 5.83. The fraction of sp³-hybridized carbons (Fsp3) is 0.955. The van der Waals surface area contributed by atoms with Crippen LogP contribution in [0.4, 0.5) is 43.9 Å². The second-order valence-electron chi connectivity index (χ2n) is 10.0. The lowest BCUT2D eigenvalue weighted by Crippen LogP contribution is -2.67. The van der Waals surface area contributed by atoms with Crippen LogP contribution in [0.15, 0.2) is 0 Å². The normalized spacial score (nSPS) is 41.3. The van der Waals surface area contributed by atoms with Gasteiger partial charge in [-0.05, 0) is 69.1 Å². The van der Waals surface area contributed by atoms with E-state index in [4.69, 9.17) is 0 Å². The number of hydrogen-bond donors (Lipinski definition) is 1. The van der Waals surface area contributed by atoms with Crippen molar-refractivity contribution in [3.8, 4) is 0 Å². The van der Waals surface area contributed by atoms with Crippen LogP contribution in [-0.2, 0) is 4.79 Å². The Bertz CT molecular complexity index is 668. The lowest BCUT2D eigenvalue weighted by atomic mass is 9.59. The van der Waals surface area contributed by atoms with E-state index in [0.29, 0.717) is 0 Å². The maximum atomic E-state index is 15.9. The SMILES string of the molecule is O=CC1C(C(F)F)NC(C(F)(F)F)C(C(F)C2CCC(C(F)(F)F)CC2)C1C1CCC(F)CC1. The molecule has 3 rings (SSSR count). The van der Waals surface area contributed by atoms with Crippen LogP contribution in [0.5, 0.6) is 0 Å². The molecule has 12 heteroatoms. The molecule has 0 aromatic carbocycles. The Morgan fingerprint density at radius 2 is 1.35 bits per heavy atom. The van der Waals surface area contributed by atoms with E-state index >= 15 is 4.39 Å². The average molecular weight is 513 g/mol. The van der Waals surface area contributed by atoms with Crippen LogP contribution in [0.3, 0.4) is 0 Å². The molecule has 1 heterocycles. The summed E-state index contributed by atoms with van der Waals surface area (Å²) in [6.07, 6.45) is -17.7. The number of nitrogens with one attached hydrogen (secondary N) is 1. The number of hydrogen-bond acceptors (Lipinski definition) is 2. The summed E-state index contributed by atoms with van der Waals surface area (Å²) in [5, 5.41) is 1.77. The van der Waals surface area contributed by atoms with Crippen molar-refractivity contribution in [3.63, 3.8) is 0 Å². The predicted molar refractivity (Wildman–Crippen MR) is 103 cm³/mol. The van der Waals surface area contributed by atoms with Gasteiger partial charge in [-0.2, -0.15) is 26.3 Å². The highest BCUT2D eigenvalue weighted by Crippen LogP contribution is 2.51. The molecule has 6 atom stereocenters. The summed E-state index contributed by atoms with van der Waals surface area (Å²) in [7, 11) is 0. The first-order valence-corrected chi connectivity index (χ1v) is 11.7. The predicted octanol–water partition coefficient (Wildman–Crippen LogP) is 6.44. The number of piperidine rings is 1. The van der Waals surface area contributed by atoms with E-state index in [-0.39, 0.29) is 44.8 Å². The standard InChI is InChI=1S/C22H29F10NO/c23-13-7-3-10(4-8-13)15-14(9-34)18(20(25)26)33-19(22(30,31)32)16(15)17(24)11-1-5-12(6-2-11)21(27,28)29/h9-20,33H,1-8H2. The van der Waals surface area contributed by atoms with Gasteiger partial charge in [0.05, 0.1) is 12.0 Å². The molecule has 2 aliphatic carbocycles. The Kier molecular flexibility index (Phi) is 8.50. The van der Waals surface area contributed by atoms with E-state index in [1.165, 1.54) is 0 Å². The molecule has 0 radical (unpaired) electrons. The van der Waals surface area contributed by atoms with Crippen LogP contribution in [0.1, 0.15) is 51.4 Å². The van der Waals surface area contributed by atoms with Gasteiger partial charge in [-0.3, -0.25) is 5.32 Å². The third-order valence-electron chi connectivity index (χ3n) is 8.14. The lowest BCUT2D eigenvalue weighted by Gasteiger charge is -2.52. The van der Waals surface area contributed by atoms with Crippen molar-refractivity contribution in [1.29, 1.82) is 0 Å². The zero-order chi connectivity index (χ0) is 25.4. The molecule has 2 saturated carbocycles. The van der Waals surface area contributed by atoms with Gasteiger partial charge in [-0.25, -0.2) is 17.6 Å². The highest BCUT2D eigenvalue weighted by atomic mass is 19.4. The van der Waals surface area contributed by atoms with Crippen molar-refractivity contribution in [1.82, 2.24) is 5.32 Å². The van der Waals surface area contributed by atoms with Gasteiger partial charge in [0.1, 0.15) is 24.7 Å². The monoisotopic (exact) mass is 513 g/mol. The van der Waals surface area contributed by atoms with Gasteiger partial charge in [0.2, 0.25) is 0 Å². The lowest BCUT2D eigenvalue weighted by molar-refractivity contribution is -0.211. The molecule has 1 saturated heterocycles. The Labute approximate surface area is 191 Å². The molecule has 0 aromatic heterocycles. The third-order valence-corrected chi connectivity index (χ3v) is 8.14. The first-order valence-electron chi connectivity index (χ1n) is 11.7. The molecule has 0 aromatic rings. The van der Waals surface area contributed by atoms with Gasteiger partial charge >= 0.3 is 12.4 Å². The molecule has 2 nitrogen and oxygen atoms in total. The quantitative estimate of drug-likeness (QED) is 0.339. The Morgan fingerprint density at radius 3 is 1.79 bits per heavy atom. The summed E-state index contributed by atoms with van der Waals surface area (Å²) in [6.45, 7) is 0. The van der Waals surface area contributed by atoms with Crippen molar-refractivity contribution in [2.45, 2.75) is 94.6 Å². The van der Waals surface area contributed by atoms with Crippen LogP contribution < -0.4 is 5.32 Å². The molecule has 0 amide bonds. The molecule has 3 aliphatic rings. The smallest absolute Gasteiger partial charge is 0.303 e. The van der Waals surface area contributed by atoms with Crippen LogP contribution in [0.25, 0.3) is 0 Å². The topological polar surface area (TPSA) is 29.1 Å². The van der Waals surface area contributed by atoms with Crippen molar-refractivity contribution < 1.29 is 48.7 Å². The maximum Gasteiger partial charge on any atom is 0.404 e. The van der Waals surface area contributed by atoms with Crippen LogP contribution >= 0.6 is 0 Å². The molecule has 0 spiro atoms. The van der Waals surface area contributed by atoms with Gasteiger partial charge in [0.25, 0.3) is 6.43 Å². The van der Waals surface area contributed by atoms with E-state index in [2.05, 4.69) is 0 Å². The van der Waals surface area contributed by atoms with E-state index < -0.39 is 91.6 Å². The Balaban J connectivity index is 1.95. The fourth-order valence-corrected chi connectivity index (χ4v) is 6.44. The summed E-state index contributed by atoms with van der Waals surface area (Å²) in [6, 6.07) is -4.84. The molecular formula is C22H29F10NO.